The minimum absolute atomic E-state index is 0.842. The predicted octanol–water partition coefficient (Wildman–Crippen LogP) is 2.51. The fraction of sp³-hybridized carbons (Fsp3) is 0.429. The van der Waals surface area contributed by atoms with E-state index in [1.54, 1.807) is 7.11 Å². The molecule has 2 heteroatoms. The average Bonchev–Trinajstić information content (AvgIpc) is 2.29. The van der Waals surface area contributed by atoms with Gasteiger partial charge in [-0.2, -0.15) is 0 Å². The van der Waals surface area contributed by atoms with E-state index in [9.17, 15) is 0 Å². The number of aryl methyl sites for hydroxylation is 1. The van der Waals surface area contributed by atoms with Gasteiger partial charge in [0.2, 0.25) is 0 Å². The third-order valence-corrected chi connectivity index (χ3v) is 2.46. The van der Waals surface area contributed by atoms with Gasteiger partial charge in [0.1, 0.15) is 5.75 Å². The highest BCUT2D eigenvalue weighted by Crippen LogP contribution is 2.18. The molecule has 0 amide bonds. The second-order valence-electron chi connectivity index (χ2n) is 3.79. The highest BCUT2D eigenvalue weighted by atomic mass is 16.5. The largest absolute Gasteiger partial charge is 0.496 e. The van der Waals surface area contributed by atoms with Crippen LogP contribution in [0, 0.1) is 19.3 Å². The number of rotatable bonds is 6. The van der Waals surface area contributed by atoms with Crippen LogP contribution in [0.5, 0.6) is 5.75 Å². The van der Waals surface area contributed by atoms with E-state index in [0.717, 1.165) is 31.7 Å². The van der Waals surface area contributed by atoms with Gasteiger partial charge in [-0.15, -0.1) is 12.3 Å². The Balaban J connectivity index is 2.38. The molecular weight excluding hydrogens is 198 g/mol. The van der Waals surface area contributed by atoms with E-state index >= 15 is 0 Å². The molecule has 1 aromatic rings. The molecule has 1 rings (SSSR count). The Kier molecular flexibility index (Phi) is 5.45. The van der Waals surface area contributed by atoms with Gasteiger partial charge < -0.3 is 10.1 Å². The van der Waals surface area contributed by atoms with Crippen LogP contribution in [0.1, 0.15) is 24.0 Å². The van der Waals surface area contributed by atoms with Gasteiger partial charge in [-0.05, 0) is 37.1 Å². The quantitative estimate of drug-likeness (QED) is 0.584. The Labute approximate surface area is 98.0 Å². The molecule has 86 valence electrons. The highest BCUT2D eigenvalue weighted by Gasteiger charge is 1.99. The number of unbranched alkanes of at least 4 members (excludes halogenated alkanes) is 1. The molecule has 16 heavy (non-hydrogen) atoms. The molecule has 0 aliphatic rings. The van der Waals surface area contributed by atoms with Crippen molar-refractivity contribution in [3.8, 4) is 18.1 Å². The zero-order valence-electron chi connectivity index (χ0n) is 10.0. The SMILES string of the molecule is C#CCCCNCc1ccc(OC)c(C)c1. The summed E-state index contributed by atoms with van der Waals surface area (Å²) in [5.74, 6) is 3.57. The van der Waals surface area contributed by atoms with Crippen LogP contribution < -0.4 is 10.1 Å². The lowest BCUT2D eigenvalue weighted by molar-refractivity contribution is 0.411. The van der Waals surface area contributed by atoms with E-state index in [1.807, 2.05) is 6.07 Å². The van der Waals surface area contributed by atoms with Gasteiger partial charge in [0, 0.05) is 13.0 Å². The van der Waals surface area contributed by atoms with Gasteiger partial charge in [0.05, 0.1) is 7.11 Å². The van der Waals surface area contributed by atoms with E-state index in [0.29, 0.717) is 0 Å². The fourth-order valence-corrected chi connectivity index (χ4v) is 1.60. The maximum absolute atomic E-state index is 5.21. The summed E-state index contributed by atoms with van der Waals surface area (Å²) in [6.07, 6.45) is 7.06. The zero-order chi connectivity index (χ0) is 11.8. The number of terminal acetylenes is 1. The highest BCUT2D eigenvalue weighted by molar-refractivity contribution is 5.36. The van der Waals surface area contributed by atoms with Crippen LogP contribution in [0.15, 0.2) is 18.2 Å². The minimum Gasteiger partial charge on any atom is -0.496 e. The molecule has 0 saturated heterocycles. The van der Waals surface area contributed by atoms with Crippen LogP contribution in [0.3, 0.4) is 0 Å². The third kappa shape index (κ3) is 3.96. The molecule has 0 radical (unpaired) electrons. The molecule has 0 aromatic heterocycles. The van der Waals surface area contributed by atoms with E-state index < -0.39 is 0 Å². The normalized spacial score (nSPS) is 9.81. The van der Waals surface area contributed by atoms with Crippen molar-refractivity contribution in [1.29, 1.82) is 0 Å². The van der Waals surface area contributed by atoms with Gasteiger partial charge in [-0.3, -0.25) is 0 Å². The average molecular weight is 217 g/mol. The molecule has 0 atom stereocenters. The summed E-state index contributed by atoms with van der Waals surface area (Å²) < 4.78 is 5.21. The number of hydrogen-bond donors (Lipinski definition) is 1. The van der Waals surface area contributed by atoms with E-state index in [2.05, 4.69) is 30.3 Å². The van der Waals surface area contributed by atoms with Crippen molar-refractivity contribution >= 4 is 0 Å². The number of benzene rings is 1. The van der Waals surface area contributed by atoms with Crippen LogP contribution in [-0.2, 0) is 6.54 Å². The first kappa shape index (κ1) is 12.6. The van der Waals surface area contributed by atoms with Gasteiger partial charge in [-0.25, -0.2) is 0 Å². The lowest BCUT2D eigenvalue weighted by Gasteiger charge is -2.08. The van der Waals surface area contributed by atoms with Crippen molar-refractivity contribution in [1.82, 2.24) is 5.32 Å². The molecular formula is C14H19NO. The monoisotopic (exact) mass is 217 g/mol. The molecule has 0 heterocycles. The molecule has 0 fully saturated rings. The van der Waals surface area contributed by atoms with Gasteiger partial charge in [-0.1, -0.05) is 12.1 Å². The second-order valence-corrected chi connectivity index (χ2v) is 3.79. The van der Waals surface area contributed by atoms with Crippen LogP contribution in [-0.4, -0.2) is 13.7 Å². The molecule has 1 N–H and O–H groups in total. The smallest absolute Gasteiger partial charge is 0.121 e. The summed E-state index contributed by atoms with van der Waals surface area (Å²) in [6, 6.07) is 6.24. The van der Waals surface area contributed by atoms with Crippen molar-refractivity contribution in [2.45, 2.75) is 26.3 Å². The molecule has 0 aliphatic heterocycles. The Morgan fingerprint density at radius 3 is 2.88 bits per heavy atom. The van der Waals surface area contributed by atoms with Crippen molar-refractivity contribution < 1.29 is 4.74 Å². The Morgan fingerprint density at radius 1 is 1.44 bits per heavy atom. The number of hydrogen-bond acceptors (Lipinski definition) is 2. The van der Waals surface area contributed by atoms with E-state index in [-0.39, 0.29) is 0 Å². The van der Waals surface area contributed by atoms with Crippen molar-refractivity contribution in [3.05, 3.63) is 29.3 Å². The van der Waals surface area contributed by atoms with E-state index in [1.165, 1.54) is 11.1 Å². The van der Waals surface area contributed by atoms with Crippen LogP contribution in [0.4, 0.5) is 0 Å². The summed E-state index contributed by atoms with van der Waals surface area (Å²) in [6.45, 7) is 3.91. The number of methoxy groups -OCH3 is 1. The first-order chi connectivity index (χ1) is 7.77. The van der Waals surface area contributed by atoms with E-state index in [4.69, 9.17) is 11.2 Å². The molecule has 2 nitrogen and oxygen atoms in total. The van der Waals surface area contributed by atoms with Gasteiger partial charge in [0.25, 0.3) is 0 Å². The zero-order valence-corrected chi connectivity index (χ0v) is 10.0. The summed E-state index contributed by atoms with van der Waals surface area (Å²) in [4.78, 5) is 0. The summed E-state index contributed by atoms with van der Waals surface area (Å²) >= 11 is 0. The van der Waals surface area contributed by atoms with Crippen LogP contribution >= 0.6 is 0 Å². The van der Waals surface area contributed by atoms with Gasteiger partial charge >= 0.3 is 0 Å². The fourth-order valence-electron chi connectivity index (χ4n) is 1.60. The molecule has 0 saturated carbocycles. The minimum atomic E-state index is 0.842. The lowest BCUT2D eigenvalue weighted by Crippen LogP contribution is -2.14. The maximum atomic E-state index is 5.21. The number of nitrogens with one attached hydrogen (secondary N) is 1. The molecule has 0 aliphatic carbocycles. The van der Waals surface area contributed by atoms with Crippen molar-refractivity contribution in [2.24, 2.45) is 0 Å². The molecule has 0 spiro atoms. The Bertz CT molecular complexity index is 365. The predicted molar refractivity (Wildman–Crippen MR) is 67.5 cm³/mol. The first-order valence-corrected chi connectivity index (χ1v) is 5.55. The first-order valence-electron chi connectivity index (χ1n) is 5.55. The standard InChI is InChI=1S/C14H19NO/c1-4-5-6-9-15-11-13-7-8-14(16-3)12(2)10-13/h1,7-8,10,15H,5-6,9,11H2,2-3H3. The van der Waals surface area contributed by atoms with Crippen molar-refractivity contribution in [2.75, 3.05) is 13.7 Å². The number of ether oxygens (including phenoxy) is 1. The molecule has 0 unspecified atom stereocenters. The summed E-state index contributed by atoms with van der Waals surface area (Å²) in [5, 5.41) is 3.36. The van der Waals surface area contributed by atoms with Crippen molar-refractivity contribution in [3.63, 3.8) is 0 Å². The Morgan fingerprint density at radius 2 is 2.25 bits per heavy atom. The topological polar surface area (TPSA) is 21.3 Å². The second kappa shape index (κ2) is 6.92. The summed E-state index contributed by atoms with van der Waals surface area (Å²) in [5.41, 5.74) is 2.45. The maximum Gasteiger partial charge on any atom is 0.121 e. The molecule has 0 bridgehead atoms. The third-order valence-electron chi connectivity index (χ3n) is 2.46. The Hall–Kier alpha value is -1.46. The lowest BCUT2D eigenvalue weighted by atomic mass is 10.1. The van der Waals surface area contributed by atoms with Gasteiger partial charge in [0.15, 0.2) is 0 Å². The molecule has 1 aromatic carbocycles. The van der Waals surface area contributed by atoms with Crippen LogP contribution in [0.2, 0.25) is 0 Å². The van der Waals surface area contributed by atoms with Crippen LogP contribution in [0.25, 0.3) is 0 Å². The summed E-state index contributed by atoms with van der Waals surface area (Å²) in [7, 11) is 1.69.